The molecule has 2 amide bonds. The molecule has 9 nitrogen and oxygen atoms in total. The van der Waals surface area contributed by atoms with Crippen LogP contribution in [0.3, 0.4) is 0 Å². The molecule has 0 spiro atoms. The zero-order chi connectivity index (χ0) is 28.8. The lowest BCUT2D eigenvalue weighted by Crippen LogP contribution is -2.47. The maximum Gasteiger partial charge on any atom is 0.408 e. The van der Waals surface area contributed by atoms with Gasteiger partial charge in [0.15, 0.2) is 0 Å². The molecule has 0 saturated carbocycles. The van der Waals surface area contributed by atoms with Crippen LogP contribution in [0.5, 0.6) is 0 Å². The lowest BCUT2D eigenvalue weighted by Gasteiger charge is -2.20. The zero-order valence-electron chi connectivity index (χ0n) is 21.7. The average Bonchev–Trinajstić information content (AvgIpc) is 3.08. The van der Waals surface area contributed by atoms with E-state index >= 15 is 0 Å². The van der Waals surface area contributed by atoms with Crippen LogP contribution in [0.2, 0.25) is 0 Å². The van der Waals surface area contributed by atoms with Gasteiger partial charge in [-0.15, -0.1) is 0 Å². The van der Waals surface area contributed by atoms with Crippen LogP contribution < -0.4 is 21.8 Å². The van der Waals surface area contributed by atoms with Gasteiger partial charge in [-0.3, -0.25) is 9.59 Å². The van der Waals surface area contributed by atoms with E-state index in [4.69, 9.17) is 11.1 Å². The smallest absolute Gasteiger partial charge is 0.398 e. The highest BCUT2D eigenvalue weighted by Crippen LogP contribution is 2.32. The number of fused-ring (bicyclic) bond motifs is 1. The zero-order valence-corrected chi connectivity index (χ0v) is 21.7. The molecular weight excluding hydrogens is 506 g/mol. The van der Waals surface area contributed by atoms with Gasteiger partial charge in [-0.2, -0.15) is 18.3 Å². The minimum absolute atomic E-state index is 0.0183. The number of nitrogens with two attached hydrogens (primary N) is 1. The van der Waals surface area contributed by atoms with Gasteiger partial charge in [-0.25, -0.2) is 4.39 Å². The van der Waals surface area contributed by atoms with Gasteiger partial charge in [-0.05, 0) is 51.5 Å². The van der Waals surface area contributed by atoms with Gasteiger partial charge in [0.25, 0.3) is 5.91 Å². The van der Waals surface area contributed by atoms with Crippen molar-refractivity contribution in [3.05, 3.63) is 52.8 Å². The number of amides is 2. The fourth-order valence-corrected chi connectivity index (χ4v) is 3.67. The fourth-order valence-electron chi connectivity index (χ4n) is 3.67. The van der Waals surface area contributed by atoms with Crippen molar-refractivity contribution in [2.24, 2.45) is 5.10 Å². The van der Waals surface area contributed by atoms with Crippen molar-refractivity contribution in [2.75, 3.05) is 24.6 Å². The second-order valence-electron chi connectivity index (χ2n) is 8.79. The number of hydrogen-bond acceptors (Lipinski definition) is 7. The third kappa shape index (κ3) is 7.67. The molecular formula is C25H31F4N7O2. The van der Waals surface area contributed by atoms with Crippen LogP contribution in [-0.2, 0) is 11.3 Å². The molecule has 0 aliphatic carbocycles. The minimum Gasteiger partial charge on any atom is -0.398 e. The summed E-state index contributed by atoms with van der Waals surface area (Å²) < 4.78 is 52.3. The van der Waals surface area contributed by atoms with Crippen LogP contribution in [0.15, 0.2) is 35.4 Å². The molecule has 1 atom stereocenters. The number of alkyl halides is 3. The molecule has 38 heavy (non-hydrogen) atoms. The van der Waals surface area contributed by atoms with Crippen LogP contribution in [-0.4, -0.2) is 53.9 Å². The van der Waals surface area contributed by atoms with Crippen molar-refractivity contribution in [3.8, 4) is 0 Å². The van der Waals surface area contributed by atoms with Crippen molar-refractivity contribution in [3.63, 3.8) is 0 Å². The van der Waals surface area contributed by atoms with Crippen LogP contribution >= 0.6 is 0 Å². The van der Waals surface area contributed by atoms with E-state index in [1.165, 1.54) is 13.0 Å². The molecule has 2 aromatic rings. The summed E-state index contributed by atoms with van der Waals surface area (Å²) >= 11 is 0. The molecule has 1 heterocycles. The van der Waals surface area contributed by atoms with Gasteiger partial charge in [0.05, 0.1) is 16.8 Å². The van der Waals surface area contributed by atoms with Gasteiger partial charge in [-0.1, -0.05) is 12.1 Å². The number of halogens is 4. The number of hydrazone groups is 1. The first-order valence-electron chi connectivity index (χ1n) is 11.5. The van der Waals surface area contributed by atoms with Crippen molar-refractivity contribution in [2.45, 2.75) is 46.5 Å². The summed E-state index contributed by atoms with van der Waals surface area (Å²) in [7, 11) is 1.78. The molecule has 0 saturated heterocycles. The van der Waals surface area contributed by atoms with Gasteiger partial charge in [0.1, 0.15) is 18.4 Å². The molecule has 13 heteroatoms. The SMILES string of the molecule is CC(=N)c1c(N)cc(Nc2cccc3c2C(=O)N(CC(=O)NC(C)C(F)(F)F)C3)cc1F.CNN=C(C)C. The standard InChI is InChI=1S/C21H21F4N5O2.C4H10N2/c1-10(26)18-14(22)6-13(7-15(18)27)29-16-5-3-4-12-8-30(20(32)19(12)16)9-17(31)28-11(2)21(23,24)25;1-4(2)6-5-3/h3-7,11,26,29H,8-9,27H2,1-2H3,(H,28,31);5H,1-3H3. The Morgan fingerprint density at radius 3 is 2.39 bits per heavy atom. The normalized spacial score (nSPS) is 13.1. The van der Waals surface area contributed by atoms with Gasteiger partial charge in [0, 0.05) is 36.4 Å². The summed E-state index contributed by atoms with van der Waals surface area (Å²) in [4.78, 5) is 26.0. The van der Waals surface area contributed by atoms with Gasteiger partial charge in [0.2, 0.25) is 5.91 Å². The number of anilines is 3. The lowest BCUT2D eigenvalue weighted by atomic mass is 10.1. The lowest BCUT2D eigenvalue weighted by molar-refractivity contribution is -0.158. The number of nitrogen functional groups attached to an aromatic ring is 1. The number of nitrogens with one attached hydrogen (secondary N) is 4. The van der Waals surface area contributed by atoms with Crippen LogP contribution in [0.4, 0.5) is 34.6 Å². The Hall–Kier alpha value is -4.16. The largest absolute Gasteiger partial charge is 0.408 e. The molecule has 206 valence electrons. The van der Waals surface area contributed by atoms with Crippen molar-refractivity contribution in [1.29, 1.82) is 5.41 Å². The van der Waals surface area contributed by atoms with Crippen LogP contribution in [0.25, 0.3) is 0 Å². The summed E-state index contributed by atoms with van der Waals surface area (Å²) in [6, 6.07) is 5.42. The number of carbonyl (C=O) groups is 2. The Labute approximate surface area is 218 Å². The Morgan fingerprint density at radius 2 is 1.89 bits per heavy atom. The summed E-state index contributed by atoms with van der Waals surface area (Å²) in [5.41, 5.74) is 10.9. The fraction of sp³-hybridized carbons (Fsp3) is 0.360. The van der Waals surface area contributed by atoms with E-state index in [0.717, 1.165) is 23.6 Å². The molecule has 1 aliphatic heterocycles. The summed E-state index contributed by atoms with van der Waals surface area (Å²) in [5, 5.41) is 16.1. The highest BCUT2D eigenvalue weighted by atomic mass is 19.4. The maximum atomic E-state index is 14.3. The van der Waals surface area contributed by atoms with Crippen LogP contribution in [0.1, 0.15) is 49.2 Å². The monoisotopic (exact) mass is 537 g/mol. The van der Waals surface area contributed by atoms with E-state index in [2.05, 4.69) is 15.8 Å². The van der Waals surface area contributed by atoms with E-state index in [-0.39, 0.29) is 34.8 Å². The highest BCUT2D eigenvalue weighted by Gasteiger charge is 2.38. The maximum absolute atomic E-state index is 14.3. The van der Waals surface area contributed by atoms with Crippen molar-refractivity contribution >= 4 is 40.3 Å². The van der Waals surface area contributed by atoms with E-state index in [0.29, 0.717) is 11.3 Å². The van der Waals surface area contributed by atoms with E-state index in [1.807, 2.05) is 19.2 Å². The first-order chi connectivity index (χ1) is 17.6. The Morgan fingerprint density at radius 1 is 1.24 bits per heavy atom. The first kappa shape index (κ1) is 30.1. The predicted octanol–water partition coefficient (Wildman–Crippen LogP) is 4.16. The van der Waals surface area contributed by atoms with E-state index in [1.54, 1.807) is 25.2 Å². The highest BCUT2D eigenvalue weighted by molar-refractivity contribution is 6.06. The summed E-state index contributed by atoms with van der Waals surface area (Å²) in [6.07, 6.45) is -4.59. The van der Waals surface area contributed by atoms with Gasteiger partial charge >= 0.3 is 6.18 Å². The molecule has 0 radical (unpaired) electrons. The molecule has 0 fully saturated rings. The number of rotatable bonds is 7. The van der Waals surface area contributed by atoms with E-state index in [9.17, 15) is 27.2 Å². The topological polar surface area (TPSA) is 136 Å². The van der Waals surface area contributed by atoms with E-state index < -0.39 is 36.4 Å². The average molecular weight is 538 g/mol. The molecule has 6 N–H and O–H groups in total. The number of nitrogens with zero attached hydrogens (tertiary/aromatic N) is 2. The van der Waals surface area contributed by atoms with Crippen molar-refractivity contribution in [1.82, 2.24) is 15.6 Å². The molecule has 0 aromatic heterocycles. The first-order valence-corrected chi connectivity index (χ1v) is 11.5. The molecule has 1 aliphatic rings. The minimum atomic E-state index is -4.59. The third-order valence-corrected chi connectivity index (χ3v) is 5.33. The quantitative estimate of drug-likeness (QED) is 0.156. The molecule has 3 rings (SSSR count). The van der Waals surface area contributed by atoms with Gasteiger partial charge < -0.3 is 32.1 Å². The third-order valence-electron chi connectivity index (χ3n) is 5.33. The summed E-state index contributed by atoms with van der Waals surface area (Å²) in [6.45, 7) is 5.61. The molecule has 1 unspecified atom stereocenters. The number of benzene rings is 2. The predicted molar refractivity (Wildman–Crippen MR) is 139 cm³/mol. The number of hydrogen-bond donors (Lipinski definition) is 5. The second-order valence-corrected chi connectivity index (χ2v) is 8.79. The molecule has 0 bridgehead atoms. The summed E-state index contributed by atoms with van der Waals surface area (Å²) in [5.74, 6) is -2.17. The van der Waals surface area contributed by atoms with Crippen molar-refractivity contribution < 1.29 is 27.2 Å². The second kappa shape index (κ2) is 12.4. The molecule has 2 aromatic carbocycles. The Balaban J connectivity index is 0.000000757. The Kier molecular flexibility index (Phi) is 9.80. The Bertz CT molecular complexity index is 1220. The number of carbonyl (C=O) groups excluding carboxylic acids is 2. The van der Waals surface area contributed by atoms with Crippen LogP contribution in [0, 0.1) is 11.2 Å².